The summed E-state index contributed by atoms with van der Waals surface area (Å²) < 4.78 is 5.78. The van der Waals surface area contributed by atoms with Crippen LogP contribution in [0.2, 0.25) is 5.02 Å². The first kappa shape index (κ1) is 19.5. The third-order valence-corrected chi connectivity index (χ3v) is 5.11. The van der Waals surface area contributed by atoms with E-state index in [1.807, 2.05) is 78.9 Å². The van der Waals surface area contributed by atoms with Gasteiger partial charge in [0, 0.05) is 16.8 Å². The van der Waals surface area contributed by atoms with Crippen molar-refractivity contribution in [1.29, 1.82) is 0 Å². The standard InChI is InChI=1S/C23H22ClN3O2/c24-18-8-6-17(7-9-18)21-14-22(27-26-21)23(28)25-19-10-12-20(13-11-19)29-15-16-4-2-1-3-5-16/h1-13,21-22,26-27H,14-15H2,(H,25,28). The molecule has 1 heterocycles. The smallest absolute Gasteiger partial charge is 0.242 e. The quantitative estimate of drug-likeness (QED) is 0.564. The minimum Gasteiger partial charge on any atom is -0.489 e. The molecule has 0 bridgehead atoms. The molecule has 0 aromatic heterocycles. The van der Waals surface area contributed by atoms with Crippen molar-refractivity contribution in [3.8, 4) is 5.75 Å². The molecule has 1 aliphatic heterocycles. The molecule has 148 valence electrons. The molecule has 0 aliphatic carbocycles. The van der Waals surface area contributed by atoms with Gasteiger partial charge in [-0.1, -0.05) is 54.1 Å². The lowest BCUT2D eigenvalue weighted by atomic mass is 10.0. The minimum atomic E-state index is -0.315. The van der Waals surface area contributed by atoms with Gasteiger partial charge < -0.3 is 10.1 Å². The van der Waals surface area contributed by atoms with Crippen LogP contribution in [0.5, 0.6) is 5.75 Å². The Bertz CT molecular complexity index is 946. The van der Waals surface area contributed by atoms with Gasteiger partial charge in [0.25, 0.3) is 0 Å². The molecular formula is C23H22ClN3O2. The average Bonchev–Trinajstić information content (AvgIpc) is 3.25. The van der Waals surface area contributed by atoms with Gasteiger partial charge in [0.2, 0.25) is 5.91 Å². The van der Waals surface area contributed by atoms with Crippen LogP contribution in [0.3, 0.4) is 0 Å². The molecule has 3 aromatic rings. The van der Waals surface area contributed by atoms with E-state index < -0.39 is 0 Å². The Hall–Kier alpha value is -2.86. The maximum absolute atomic E-state index is 12.6. The highest BCUT2D eigenvalue weighted by Gasteiger charge is 2.30. The van der Waals surface area contributed by atoms with E-state index in [2.05, 4.69) is 16.2 Å². The van der Waals surface area contributed by atoms with Gasteiger partial charge in [-0.25, -0.2) is 10.9 Å². The molecule has 5 nitrogen and oxygen atoms in total. The number of rotatable bonds is 6. The van der Waals surface area contributed by atoms with Crippen LogP contribution in [-0.2, 0) is 11.4 Å². The van der Waals surface area contributed by atoms with E-state index in [1.54, 1.807) is 0 Å². The van der Waals surface area contributed by atoms with Gasteiger partial charge in [-0.3, -0.25) is 4.79 Å². The molecule has 2 atom stereocenters. The zero-order chi connectivity index (χ0) is 20.1. The molecule has 1 saturated heterocycles. The first-order chi connectivity index (χ1) is 14.2. The molecule has 1 fully saturated rings. The molecule has 2 unspecified atom stereocenters. The highest BCUT2D eigenvalue weighted by atomic mass is 35.5. The third-order valence-electron chi connectivity index (χ3n) is 4.86. The van der Waals surface area contributed by atoms with Gasteiger partial charge in [0.15, 0.2) is 0 Å². The van der Waals surface area contributed by atoms with Crippen LogP contribution in [0.4, 0.5) is 5.69 Å². The Labute approximate surface area is 175 Å². The molecule has 3 N–H and O–H groups in total. The molecule has 6 heteroatoms. The summed E-state index contributed by atoms with van der Waals surface area (Å²) in [5, 5.41) is 3.65. The lowest BCUT2D eigenvalue weighted by Gasteiger charge is -2.12. The van der Waals surface area contributed by atoms with Crippen LogP contribution in [0.1, 0.15) is 23.6 Å². The monoisotopic (exact) mass is 407 g/mol. The maximum Gasteiger partial charge on any atom is 0.242 e. The van der Waals surface area contributed by atoms with Crippen LogP contribution >= 0.6 is 11.6 Å². The van der Waals surface area contributed by atoms with E-state index in [9.17, 15) is 4.79 Å². The number of benzene rings is 3. The minimum absolute atomic E-state index is 0.0665. The zero-order valence-corrected chi connectivity index (χ0v) is 16.5. The molecule has 0 saturated carbocycles. The SMILES string of the molecule is O=C(Nc1ccc(OCc2ccccc2)cc1)C1CC(c2ccc(Cl)cc2)NN1. The fourth-order valence-electron chi connectivity index (χ4n) is 3.25. The lowest BCUT2D eigenvalue weighted by molar-refractivity contribution is -0.117. The van der Waals surface area contributed by atoms with E-state index >= 15 is 0 Å². The zero-order valence-electron chi connectivity index (χ0n) is 15.8. The first-order valence-electron chi connectivity index (χ1n) is 9.51. The number of carbonyl (C=O) groups excluding carboxylic acids is 1. The van der Waals surface area contributed by atoms with Crippen LogP contribution in [0.25, 0.3) is 0 Å². The van der Waals surface area contributed by atoms with E-state index in [0.29, 0.717) is 18.1 Å². The van der Waals surface area contributed by atoms with E-state index in [-0.39, 0.29) is 18.0 Å². The fourth-order valence-corrected chi connectivity index (χ4v) is 3.37. The predicted octanol–water partition coefficient (Wildman–Crippen LogP) is 4.47. The average molecular weight is 408 g/mol. The number of halogens is 1. The van der Waals surface area contributed by atoms with Gasteiger partial charge in [0.05, 0.1) is 0 Å². The number of hydrogen-bond acceptors (Lipinski definition) is 4. The van der Waals surface area contributed by atoms with E-state index in [1.165, 1.54) is 0 Å². The molecule has 3 aromatic carbocycles. The second-order valence-electron chi connectivity index (χ2n) is 6.97. The molecule has 0 radical (unpaired) electrons. The van der Waals surface area contributed by atoms with Gasteiger partial charge in [-0.05, 0) is 53.9 Å². The summed E-state index contributed by atoms with van der Waals surface area (Å²) in [5.41, 5.74) is 9.19. The number of anilines is 1. The third kappa shape index (κ3) is 5.15. The van der Waals surface area contributed by atoms with Crippen molar-refractivity contribution in [2.75, 3.05) is 5.32 Å². The second kappa shape index (κ2) is 9.09. The summed E-state index contributed by atoms with van der Waals surface area (Å²) >= 11 is 5.94. The van der Waals surface area contributed by atoms with Gasteiger partial charge in [-0.2, -0.15) is 0 Å². The Balaban J connectivity index is 1.29. The molecule has 4 rings (SSSR count). The number of carbonyl (C=O) groups is 1. The lowest BCUT2D eigenvalue weighted by Crippen LogP contribution is -2.39. The number of hydrazine groups is 1. The molecule has 1 amide bonds. The van der Waals surface area contributed by atoms with Crippen LogP contribution in [0, 0.1) is 0 Å². The first-order valence-corrected chi connectivity index (χ1v) is 9.89. The van der Waals surface area contributed by atoms with Gasteiger partial charge in [0.1, 0.15) is 18.4 Å². The number of amides is 1. The van der Waals surface area contributed by atoms with Crippen molar-refractivity contribution in [3.63, 3.8) is 0 Å². The largest absolute Gasteiger partial charge is 0.489 e. The Morgan fingerprint density at radius 1 is 0.966 bits per heavy atom. The Morgan fingerprint density at radius 2 is 1.69 bits per heavy atom. The van der Waals surface area contributed by atoms with Gasteiger partial charge in [-0.15, -0.1) is 0 Å². The van der Waals surface area contributed by atoms with E-state index in [0.717, 1.165) is 22.6 Å². The van der Waals surface area contributed by atoms with Crippen LogP contribution < -0.4 is 20.9 Å². The predicted molar refractivity (Wildman–Crippen MR) is 115 cm³/mol. The number of hydrogen-bond donors (Lipinski definition) is 3. The van der Waals surface area contributed by atoms with Crippen LogP contribution in [-0.4, -0.2) is 11.9 Å². The summed E-state index contributed by atoms with van der Waals surface area (Å²) in [6.45, 7) is 0.510. The molecule has 29 heavy (non-hydrogen) atoms. The fraction of sp³-hybridized carbons (Fsp3) is 0.174. The summed E-state index contributed by atoms with van der Waals surface area (Å²) in [4.78, 5) is 12.6. The Kier molecular flexibility index (Phi) is 6.10. The summed E-state index contributed by atoms with van der Waals surface area (Å²) in [6.07, 6.45) is 0.658. The summed E-state index contributed by atoms with van der Waals surface area (Å²) in [7, 11) is 0. The highest BCUT2D eigenvalue weighted by Crippen LogP contribution is 2.24. The summed E-state index contributed by atoms with van der Waals surface area (Å²) in [6, 6.07) is 24.8. The van der Waals surface area contributed by atoms with Crippen molar-refractivity contribution in [1.82, 2.24) is 10.9 Å². The number of nitrogens with one attached hydrogen (secondary N) is 3. The highest BCUT2D eigenvalue weighted by molar-refractivity contribution is 6.30. The van der Waals surface area contributed by atoms with E-state index in [4.69, 9.17) is 16.3 Å². The Morgan fingerprint density at radius 3 is 2.41 bits per heavy atom. The molecule has 0 spiro atoms. The molecule has 1 aliphatic rings. The van der Waals surface area contributed by atoms with Crippen LogP contribution in [0.15, 0.2) is 78.9 Å². The van der Waals surface area contributed by atoms with Crippen molar-refractivity contribution in [3.05, 3.63) is 95.0 Å². The molecular weight excluding hydrogens is 386 g/mol. The maximum atomic E-state index is 12.6. The number of ether oxygens (including phenoxy) is 1. The van der Waals surface area contributed by atoms with Crippen molar-refractivity contribution >= 4 is 23.2 Å². The topological polar surface area (TPSA) is 62.4 Å². The normalized spacial score (nSPS) is 18.4. The summed E-state index contributed by atoms with van der Waals surface area (Å²) in [5.74, 6) is 0.683. The van der Waals surface area contributed by atoms with Crippen molar-refractivity contribution < 1.29 is 9.53 Å². The van der Waals surface area contributed by atoms with Crippen molar-refractivity contribution in [2.24, 2.45) is 0 Å². The van der Waals surface area contributed by atoms with Crippen molar-refractivity contribution in [2.45, 2.75) is 25.1 Å². The van der Waals surface area contributed by atoms with Gasteiger partial charge >= 0.3 is 0 Å². The second-order valence-corrected chi connectivity index (χ2v) is 7.41.